The van der Waals surface area contributed by atoms with Crippen molar-refractivity contribution in [1.29, 1.82) is 0 Å². The number of nitrogens with two attached hydrogens (primary N) is 1. The number of benzene rings is 1. The second kappa shape index (κ2) is 5.94. The third-order valence-electron chi connectivity index (χ3n) is 4.57. The molecule has 0 bridgehead atoms. The van der Waals surface area contributed by atoms with Gasteiger partial charge >= 0.3 is 0 Å². The summed E-state index contributed by atoms with van der Waals surface area (Å²) in [5.74, 6) is 0.00634. The lowest BCUT2D eigenvalue weighted by molar-refractivity contribution is 0.251. The average Bonchev–Trinajstić information content (AvgIpc) is 3.11. The van der Waals surface area contributed by atoms with Crippen LogP contribution in [-0.4, -0.2) is 49.8 Å². The van der Waals surface area contributed by atoms with Crippen molar-refractivity contribution in [2.24, 2.45) is 0 Å². The number of hydrogen-bond acceptors (Lipinski definition) is 4. The summed E-state index contributed by atoms with van der Waals surface area (Å²) in [6.07, 6.45) is 3.43. The molecule has 116 valence electrons. The Labute approximate surface area is 126 Å². The highest BCUT2D eigenvalue weighted by atomic mass is 32.2. The molecule has 2 N–H and O–H groups in total. The summed E-state index contributed by atoms with van der Waals surface area (Å²) in [6.45, 7) is 3.50. The smallest absolute Gasteiger partial charge is 0.218 e. The van der Waals surface area contributed by atoms with Gasteiger partial charge in [0.2, 0.25) is 10.0 Å². The zero-order chi connectivity index (χ0) is 14.9. The maximum Gasteiger partial charge on any atom is 0.218 e. The molecule has 0 aromatic heterocycles. The molecule has 1 unspecified atom stereocenters. The van der Waals surface area contributed by atoms with E-state index in [0.717, 1.165) is 19.5 Å². The fourth-order valence-electron chi connectivity index (χ4n) is 3.32. The molecule has 2 heterocycles. The fraction of sp³-hybridized carbons (Fsp3) is 0.600. The molecule has 0 spiro atoms. The van der Waals surface area contributed by atoms with Crippen molar-refractivity contribution >= 4 is 15.7 Å². The number of anilines is 1. The third-order valence-corrected chi connectivity index (χ3v) is 6.36. The van der Waals surface area contributed by atoms with Gasteiger partial charge in [0, 0.05) is 24.8 Å². The van der Waals surface area contributed by atoms with Crippen molar-refractivity contribution in [1.82, 2.24) is 9.21 Å². The van der Waals surface area contributed by atoms with E-state index in [-0.39, 0.29) is 5.75 Å². The Morgan fingerprint density at radius 1 is 1.14 bits per heavy atom. The minimum absolute atomic E-state index is 0.00634. The number of para-hydroxylation sites is 1. The summed E-state index contributed by atoms with van der Waals surface area (Å²) < 4.78 is 26.8. The molecule has 6 heteroatoms. The van der Waals surface area contributed by atoms with Crippen LogP contribution in [-0.2, 0) is 15.8 Å². The molecule has 2 aliphatic rings. The van der Waals surface area contributed by atoms with Crippen LogP contribution < -0.4 is 5.73 Å². The molecule has 0 radical (unpaired) electrons. The van der Waals surface area contributed by atoms with E-state index in [4.69, 9.17) is 5.73 Å². The first-order valence-corrected chi connectivity index (χ1v) is 9.22. The van der Waals surface area contributed by atoms with Crippen LogP contribution in [0.2, 0.25) is 0 Å². The summed E-state index contributed by atoms with van der Waals surface area (Å²) in [7, 11) is -3.27. The summed E-state index contributed by atoms with van der Waals surface area (Å²) in [4.78, 5) is 2.44. The Hall–Kier alpha value is -1.11. The van der Waals surface area contributed by atoms with Crippen molar-refractivity contribution in [3.8, 4) is 0 Å². The van der Waals surface area contributed by atoms with Gasteiger partial charge in [0.15, 0.2) is 0 Å². The van der Waals surface area contributed by atoms with Crippen LogP contribution >= 0.6 is 0 Å². The molecular formula is C15H23N3O2S. The Balaban J connectivity index is 1.67. The van der Waals surface area contributed by atoms with Crippen LogP contribution in [0.15, 0.2) is 24.3 Å². The normalized spacial score (nSPS) is 24.7. The molecular weight excluding hydrogens is 286 g/mol. The molecule has 1 atom stereocenters. The molecule has 2 fully saturated rings. The molecule has 3 rings (SSSR count). The molecule has 0 aliphatic carbocycles. The number of likely N-dealkylation sites (tertiary alicyclic amines) is 1. The Kier molecular flexibility index (Phi) is 4.19. The Bertz CT molecular complexity index is 597. The van der Waals surface area contributed by atoms with Crippen LogP contribution in [0.5, 0.6) is 0 Å². The molecule has 5 nitrogen and oxygen atoms in total. The van der Waals surface area contributed by atoms with E-state index in [1.54, 1.807) is 16.4 Å². The van der Waals surface area contributed by atoms with Gasteiger partial charge in [-0.15, -0.1) is 0 Å². The topological polar surface area (TPSA) is 66.6 Å². The maximum atomic E-state index is 12.6. The fourth-order valence-corrected chi connectivity index (χ4v) is 4.94. The predicted octanol–water partition coefficient (Wildman–Crippen LogP) is 1.27. The summed E-state index contributed by atoms with van der Waals surface area (Å²) in [6, 6.07) is 7.60. The van der Waals surface area contributed by atoms with E-state index in [1.165, 1.54) is 12.8 Å². The van der Waals surface area contributed by atoms with Crippen LogP contribution in [0.3, 0.4) is 0 Å². The molecule has 0 amide bonds. The summed E-state index contributed by atoms with van der Waals surface area (Å²) in [5, 5.41) is 0. The SMILES string of the molecule is Nc1ccccc1CS(=O)(=O)N1CCC(N2CCCC2)C1. The number of nitrogens with zero attached hydrogens (tertiary/aromatic N) is 2. The van der Waals surface area contributed by atoms with E-state index in [2.05, 4.69) is 4.90 Å². The first kappa shape index (κ1) is 14.8. The van der Waals surface area contributed by atoms with Crippen molar-refractivity contribution < 1.29 is 8.42 Å². The minimum atomic E-state index is -3.27. The van der Waals surface area contributed by atoms with Crippen LogP contribution in [0.4, 0.5) is 5.69 Å². The minimum Gasteiger partial charge on any atom is -0.398 e. The lowest BCUT2D eigenvalue weighted by Crippen LogP contribution is -2.37. The second-order valence-corrected chi connectivity index (χ2v) is 7.97. The van der Waals surface area contributed by atoms with E-state index in [0.29, 0.717) is 30.4 Å². The van der Waals surface area contributed by atoms with Gasteiger partial charge in [-0.05, 0) is 44.0 Å². The van der Waals surface area contributed by atoms with E-state index < -0.39 is 10.0 Å². The Morgan fingerprint density at radius 3 is 2.57 bits per heavy atom. The summed E-state index contributed by atoms with van der Waals surface area (Å²) >= 11 is 0. The van der Waals surface area contributed by atoms with Crippen molar-refractivity contribution in [2.45, 2.75) is 31.1 Å². The number of rotatable bonds is 4. The molecule has 1 aromatic carbocycles. The highest BCUT2D eigenvalue weighted by Crippen LogP contribution is 2.25. The van der Waals surface area contributed by atoms with Crippen molar-refractivity contribution in [3.05, 3.63) is 29.8 Å². The quantitative estimate of drug-likeness (QED) is 0.851. The Morgan fingerprint density at radius 2 is 1.86 bits per heavy atom. The van der Waals surface area contributed by atoms with E-state index in [1.807, 2.05) is 12.1 Å². The standard InChI is InChI=1S/C15H23N3O2S/c16-15-6-2-1-5-13(15)12-21(19,20)18-10-7-14(11-18)17-8-3-4-9-17/h1-2,5-6,14H,3-4,7-12,16H2. The monoisotopic (exact) mass is 309 g/mol. The van der Waals surface area contributed by atoms with Crippen LogP contribution in [0.25, 0.3) is 0 Å². The highest BCUT2D eigenvalue weighted by Gasteiger charge is 2.35. The zero-order valence-corrected chi connectivity index (χ0v) is 13.1. The first-order chi connectivity index (χ1) is 10.1. The number of hydrogen-bond donors (Lipinski definition) is 1. The summed E-state index contributed by atoms with van der Waals surface area (Å²) in [5.41, 5.74) is 7.11. The van der Waals surface area contributed by atoms with Gasteiger partial charge in [-0.25, -0.2) is 12.7 Å². The molecule has 21 heavy (non-hydrogen) atoms. The van der Waals surface area contributed by atoms with Gasteiger partial charge in [0.05, 0.1) is 5.75 Å². The first-order valence-electron chi connectivity index (χ1n) is 7.61. The third kappa shape index (κ3) is 3.22. The molecule has 1 aromatic rings. The van der Waals surface area contributed by atoms with Gasteiger partial charge < -0.3 is 5.73 Å². The van der Waals surface area contributed by atoms with Gasteiger partial charge in [-0.3, -0.25) is 4.90 Å². The van der Waals surface area contributed by atoms with Gasteiger partial charge in [-0.2, -0.15) is 0 Å². The molecule has 2 saturated heterocycles. The zero-order valence-electron chi connectivity index (χ0n) is 12.2. The molecule has 0 saturated carbocycles. The average molecular weight is 309 g/mol. The van der Waals surface area contributed by atoms with Gasteiger partial charge in [0.25, 0.3) is 0 Å². The van der Waals surface area contributed by atoms with Crippen molar-refractivity contribution in [3.63, 3.8) is 0 Å². The lowest BCUT2D eigenvalue weighted by Gasteiger charge is -2.23. The molecule has 2 aliphatic heterocycles. The number of sulfonamides is 1. The number of nitrogen functional groups attached to an aromatic ring is 1. The van der Waals surface area contributed by atoms with Crippen LogP contribution in [0.1, 0.15) is 24.8 Å². The van der Waals surface area contributed by atoms with Crippen LogP contribution in [0, 0.1) is 0 Å². The van der Waals surface area contributed by atoms with Gasteiger partial charge in [0.1, 0.15) is 0 Å². The van der Waals surface area contributed by atoms with Crippen molar-refractivity contribution in [2.75, 3.05) is 31.9 Å². The second-order valence-electron chi connectivity index (χ2n) is 6.00. The van der Waals surface area contributed by atoms with Gasteiger partial charge in [-0.1, -0.05) is 18.2 Å². The largest absolute Gasteiger partial charge is 0.398 e. The predicted molar refractivity (Wildman–Crippen MR) is 84.3 cm³/mol. The maximum absolute atomic E-state index is 12.6. The van der Waals surface area contributed by atoms with E-state index in [9.17, 15) is 8.42 Å². The highest BCUT2D eigenvalue weighted by molar-refractivity contribution is 7.88. The van der Waals surface area contributed by atoms with E-state index >= 15 is 0 Å². The lowest BCUT2D eigenvalue weighted by atomic mass is 10.2.